The molecule has 3 rings (SSSR count). The highest BCUT2D eigenvalue weighted by atomic mass is 35.5. The molecule has 0 saturated heterocycles. The fourth-order valence-electron chi connectivity index (χ4n) is 3.00. The molecule has 30 heavy (non-hydrogen) atoms. The SMILES string of the molecule is CCOCn1sc(=NC(=O)Cc2ccc3nc(CC(C)(C)C)cnc3c2)c(Cl)c1C. The summed E-state index contributed by atoms with van der Waals surface area (Å²) >= 11 is 7.67. The van der Waals surface area contributed by atoms with Gasteiger partial charge in [-0.1, -0.05) is 38.4 Å². The average molecular weight is 447 g/mol. The van der Waals surface area contributed by atoms with Crippen LogP contribution in [0.25, 0.3) is 11.0 Å². The molecule has 0 unspecified atom stereocenters. The van der Waals surface area contributed by atoms with Crippen molar-refractivity contribution in [1.29, 1.82) is 0 Å². The van der Waals surface area contributed by atoms with E-state index in [0.29, 0.717) is 23.0 Å². The van der Waals surface area contributed by atoms with E-state index in [1.54, 1.807) is 0 Å². The zero-order chi connectivity index (χ0) is 21.9. The van der Waals surface area contributed by atoms with Crippen molar-refractivity contribution in [2.24, 2.45) is 10.4 Å². The molecule has 3 aromatic rings. The number of rotatable bonds is 6. The number of nitrogens with zero attached hydrogens (tertiary/aromatic N) is 4. The summed E-state index contributed by atoms with van der Waals surface area (Å²) in [6.45, 7) is 11.4. The van der Waals surface area contributed by atoms with E-state index in [9.17, 15) is 4.79 Å². The third kappa shape index (κ3) is 5.74. The lowest BCUT2D eigenvalue weighted by Gasteiger charge is -2.17. The van der Waals surface area contributed by atoms with Gasteiger partial charge in [0, 0.05) is 18.5 Å². The fraction of sp³-hybridized carbons (Fsp3) is 0.455. The minimum absolute atomic E-state index is 0.151. The van der Waals surface area contributed by atoms with Crippen molar-refractivity contribution in [2.45, 2.75) is 54.2 Å². The van der Waals surface area contributed by atoms with Gasteiger partial charge in [-0.3, -0.25) is 13.7 Å². The summed E-state index contributed by atoms with van der Waals surface area (Å²) in [5.41, 5.74) is 4.42. The monoisotopic (exact) mass is 446 g/mol. The molecular formula is C22H27ClN4O2S. The number of aromatic nitrogens is 3. The number of hydrogen-bond acceptors (Lipinski definition) is 5. The molecule has 0 spiro atoms. The van der Waals surface area contributed by atoms with Crippen molar-refractivity contribution >= 4 is 40.1 Å². The van der Waals surface area contributed by atoms with E-state index >= 15 is 0 Å². The zero-order valence-electron chi connectivity index (χ0n) is 18.0. The average Bonchev–Trinajstić information content (AvgIpc) is 2.93. The largest absolute Gasteiger partial charge is 0.360 e. The van der Waals surface area contributed by atoms with Crippen LogP contribution >= 0.6 is 23.1 Å². The Hall–Kier alpha value is -2.09. The first-order chi connectivity index (χ1) is 14.2. The van der Waals surface area contributed by atoms with Gasteiger partial charge < -0.3 is 4.74 Å². The topological polar surface area (TPSA) is 69.4 Å². The maximum Gasteiger partial charge on any atom is 0.251 e. The van der Waals surface area contributed by atoms with Crippen LogP contribution in [0.2, 0.25) is 5.02 Å². The Kier molecular flexibility index (Phi) is 7.06. The quantitative estimate of drug-likeness (QED) is 0.550. The third-order valence-electron chi connectivity index (χ3n) is 4.44. The van der Waals surface area contributed by atoms with Crippen LogP contribution in [0.3, 0.4) is 0 Å². The van der Waals surface area contributed by atoms with Crippen LogP contribution in [0.1, 0.15) is 44.6 Å². The number of hydrogen-bond donors (Lipinski definition) is 0. The molecule has 2 aromatic heterocycles. The van der Waals surface area contributed by atoms with Crippen LogP contribution in [0.5, 0.6) is 0 Å². The molecule has 0 saturated carbocycles. The first-order valence-electron chi connectivity index (χ1n) is 9.92. The molecule has 160 valence electrons. The van der Waals surface area contributed by atoms with Gasteiger partial charge in [0.25, 0.3) is 5.91 Å². The number of halogens is 1. The molecule has 0 aliphatic rings. The van der Waals surface area contributed by atoms with E-state index in [1.807, 2.05) is 42.2 Å². The molecule has 6 nitrogen and oxygen atoms in total. The summed E-state index contributed by atoms with van der Waals surface area (Å²) in [4.78, 5) is 26.0. The van der Waals surface area contributed by atoms with E-state index in [4.69, 9.17) is 21.3 Å². The van der Waals surface area contributed by atoms with Gasteiger partial charge in [0.15, 0.2) is 4.67 Å². The molecule has 1 aromatic carbocycles. The van der Waals surface area contributed by atoms with Crippen molar-refractivity contribution in [3.8, 4) is 0 Å². The molecule has 2 heterocycles. The highest BCUT2D eigenvalue weighted by molar-refractivity contribution is 7.04. The summed E-state index contributed by atoms with van der Waals surface area (Å²) in [5.74, 6) is -0.252. The summed E-state index contributed by atoms with van der Waals surface area (Å²) in [6.07, 6.45) is 2.86. The Labute approximate surface area is 185 Å². The zero-order valence-corrected chi connectivity index (χ0v) is 19.6. The smallest absolute Gasteiger partial charge is 0.251 e. The molecule has 0 aliphatic carbocycles. The predicted molar refractivity (Wildman–Crippen MR) is 121 cm³/mol. The van der Waals surface area contributed by atoms with Gasteiger partial charge in [0.1, 0.15) is 6.73 Å². The van der Waals surface area contributed by atoms with Crippen molar-refractivity contribution < 1.29 is 9.53 Å². The molecule has 0 atom stereocenters. The van der Waals surface area contributed by atoms with Crippen LogP contribution in [-0.2, 0) is 29.1 Å². The highest BCUT2D eigenvalue weighted by Gasteiger charge is 2.14. The Morgan fingerprint density at radius 1 is 1.30 bits per heavy atom. The second-order valence-corrected chi connectivity index (χ2v) is 9.79. The second-order valence-electron chi connectivity index (χ2n) is 8.40. The van der Waals surface area contributed by atoms with Crippen LogP contribution < -0.4 is 4.67 Å². The fourth-order valence-corrected chi connectivity index (χ4v) is 4.24. The number of ether oxygens (including phenoxy) is 1. The Bertz CT molecular complexity index is 1130. The van der Waals surface area contributed by atoms with Gasteiger partial charge in [-0.15, -0.1) is 0 Å². The molecular weight excluding hydrogens is 420 g/mol. The highest BCUT2D eigenvalue weighted by Crippen LogP contribution is 2.21. The van der Waals surface area contributed by atoms with Crippen molar-refractivity contribution in [3.05, 3.63) is 51.0 Å². The first kappa shape index (κ1) is 22.6. The molecule has 1 amide bonds. The minimum atomic E-state index is -0.252. The van der Waals surface area contributed by atoms with Crippen LogP contribution in [0.4, 0.5) is 0 Å². The number of carbonyl (C=O) groups excluding carboxylic acids is 1. The Balaban J connectivity index is 1.78. The third-order valence-corrected chi connectivity index (χ3v) is 6.07. The predicted octanol–water partition coefficient (Wildman–Crippen LogP) is 4.71. The van der Waals surface area contributed by atoms with Gasteiger partial charge in [0.05, 0.1) is 28.2 Å². The molecule has 0 N–H and O–H groups in total. The van der Waals surface area contributed by atoms with Gasteiger partial charge in [-0.2, -0.15) is 4.99 Å². The first-order valence-corrected chi connectivity index (χ1v) is 11.1. The second kappa shape index (κ2) is 9.37. The molecule has 0 fully saturated rings. The lowest BCUT2D eigenvalue weighted by molar-refractivity contribution is -0.117. The molecule has 0 aliphatic heterocycles. The van der Waals surface area contributed by atoms with E-state index in [2.05, 4.69) is 30.7 Å². The van der Waals surface area contributed by atoms with Gasteiger partial charge >= 0.3 is 0 Å². The molecule has 8 heteroatoms. The van der Waals surface area contributed by atoms with Crippen molar-refractivity contribution in [3.63, 3.8) is 0 Å². The normalized spacial score (nSPS) is 12.7. The van der Waals surface area contributed by atoms with Crippen LogP contribution in [-0.4, -0.2) is 26.4 Å². The number of fused-ring (bicyclic) bond motifs is 1. The van der Waals surface area contributed by atoms with Gasteiger partial charge in [0.2, 0.25) is 0 Å². The minimum Gasteiger partial charge on any atom is -0.360 e. The van der Waals surface area contributed by atoms with E-state index in [0.717, 1.165) is 34.4 Å². The van der Waals surface area contributed by atoms with Crippen molar-refractivity contribution in [2.75, 3.05) is 6.61 Å². The summed E-state index contributed by atoms with van der Waals surface area (Å²) in [7, 11) is 0. The van der Waals surface area contributed by atoms with Crippen LogP contribution in [0.15, 0.2) is 29.4 Å². The lowest BCUT2D eigenvalue weighted by atomic mass is 9.91. The van der Waals surface area contributed by atoms with Gasteiger partial charge in [-0.05, 0) is 54.9 Å². The van der Waals surface area contributed by atoms with E-state index in [-0.39, 0.29) is 17.7 Å². The van der Waals surface area contributed by atoms with E-state index in [1.165, 1.54) is 11.5 Å². The number of carbonyl (C=O) groups is 1. The van der Waals surface area contributed by atoms with Crippen molar-refractivity contribution in [1.82, 2.24) is 13.9 Å². The maximum absolute atomic E-state index is 12.5. The molecule has 0 bridgehead atoms. The van der Waals surface area contributed by atoms with Gasteiger partial charge in [-0.25, -0.2) is 4.98 Å². The Morgan fingerprint density at radius 3 is 2.77 bits per heavy atom. The summed E-state index contributed by atoms with van der Waals surface area (Å²) in [5, 5.41) is 0.490. The standard InChI is InChI=1S/C22H27ClN4O2S/c1-6-29-13-27-14(2)20(23)21(30-27)26-19(28)10-15-7-8-17-18(9-15)24-12-16(25-17)11-22(3,4)5/h7-9,12H,6,10-11,13H2,1-5H3. The van der Waals surface area contributed by atoms with E-state index < -0.39 is 0 Å². The number of amides is 1. The summed E-state index contributed by atoms with van der Waals surface area (Å²) < 4.78 is 7.81. The molecule has 0 radical (unpaired) electrons. The Morgan fingerprint density at radius 2 is 2.07 bits per heavy atom. The summed E-state index contributed by atoms with van der Waals surface area (Å²) in [6, 6.07) is 5.71. The maximum atomic E-state index is 12.5. The number of benzene rings is 1. The van der Waals surface area contributed by atoms with Crippen LogP contribution in [0, 0.1) is 12.3 Å². The lowest BCUT2D eigenvalue weighted by Crippen LogP contribution is -2.11.